The van der Waals surface area contributed by atoms with Crippen molar-refractivity contribution in [3.63, 3.8) is 0 Å². The van der Waals surface area contributed by atoms with Gasteiger partial charge in [-0.3, -0.25) is 14.7 Å². The molecule has 0 bridgehead atoms. The Bertz CT molecular complexity index is 462. The second-order valence-corrected chi connectivity index (χ2v) is 4.57. The molecule has 2 heterocycles. The number of carbonyl (C=O) groups is 2. The van der Waals surface area contributed by atoms with Crippen molar-refractivity contribution in [2.75, 3.05) is 6.54 Å². The number of aliphatic carboxylic acids is 1. The monoisotopic (exact) mass is 250 g/mol. The van der Waals surface area contributed by atoms with E-state index in [1.54, 1.807) is 25.3 Å². The van der Waals surface area contributed by atoms with Crippen molar-refractivity contribution in [2.24, 2.45) is 0 Å². The number of nitrogens with zero attached hydrogens (tertiary/aromatic N) is 2. The lowest BCUT2D eigenvalue weighted by atomic mass is 10.0. The molecule has 0 aromatic carbocycles. The lowest BCUT2D eigenvalue weighted by molar-refractivity contribution is -0.140. The molecule has 96 valence electrons. The molecule has 0 radical (unpaired) electrons. The predicted octanol–water partition coefficient (Wildman–Crippen LogP) is 1.27. The fourth-order valence-electron chi connectivity index (χ4n) is 2.00. The third-order valence-corrected chi connectivity index (χ3v) is 2.72. The van der Waals surface area contributed by atoms with Crippen LogP contribution in [-0.4, -0.2) is 39.2 Å². The van der Waals surface area contributed by atoms with Crippen molar-refractivity contribution >= 4 is 12.1 Å². The molecule has 1 aliphatic rings. The van der Waals surface area contributed by atoms with Crippen LogP contribution in [0.3, 0.4) is 0 Å². The van der Waals surface area contributed by atoms with Crippen LogP contribution in [0.15, 0.2) is 24.4 Å². The van der Waals surface area contributed by atoms with Crippen LogP contribution in [0.5, 0.6) is 0 Å². The van der Waals surface area contributed by atoms with E-state index in [2.05, 4.69) is 4.98 Å². The molecule has 1 saturated heterocycles. The topological polar surface area (TPSA) is 79.7 Å². The molecule has 1 aliphatic heterocycles. The molecule has 6 heteroatoms. The molecule has 0 saturated carbocycles. The number of hydrogen-bond donors (Lipinski definition) is 1. The number of carbonyl (C=O) groups excluding carboxylic acids is 1. The van der Waals surface area contributed by atoms with Gasteiger partial charge in [-0.2, -0.15) is 0 Å². The summed E-state index contributed by atoms with van der Waals surface area (Å²) < 4.78 is 5.12. The molecule has 1 N–H and O–H groups in total. The van der Waals surface area contributed by atoms with Crippen molar-refractivity contribution in [1.29, 1.82) is 0 Å². The first-order chi connectivity index (χ1) is 8.48. The second-order valence-electron chi connectivity index (χ2n) is 4.57. The summed E-state index contributed by atoms with van der Waals surface area (Å²) >= 11 is 0. The Morgan fingerprint density at radius 1 is 1.61 bits per heavy atom. The molecule has 1 aromatic rings. The lowest BCUT2D eigenvalue weighted by Crippen LogP contribution is -2.33. The van der Waals surface area contributed by atoms with Crippen molar-refractivity contribution in [1.82, 2.24) is 9.88 Å². The van der Waals surface area contributed by atoms with Crippen molar-refractivity contribution in [3.8, 4) is 0 Å². The maximum atomic E-state index is 11.7. The average Bonchev–Trinajstić information content (AvgIpc) is 2.53. The first-order valence-corrected chi connectivity index (χ1v) is 5.58. The minimum absolute atomic E-state index is 0.197. The largest absolute Gasteiger partial charge is 0.481 e. The van der Waals surface area contributed by atoms with Crippen LogP contribution >= 0.6 is 0 Å². The number of hydrogen-bond acceptors (Lipinski definition) is 4. The number of rotatable bonds is 4. The third-order valence-electron chi connectivity index (χ3n) is 2.72. The van der Waals surface area contributed by atoms with Crippen LogP contribution in [0.1, 0.15) is 19.0 Å². The highest BCUT2D eigenvalue weighted by atomic mass is 16.6. The van der Waals surface area contributed by atoms with Gasteiger partial charge in [0, 0.05) is 6.20 Å². The highest BCUT2D eigenvalue weighted by Crippen LogP contribution is 2.26. The molecule has 2 rings (SSSR count). The maximum absolute atomic E-state index is 11.7. The van der Waals surface area contributed by atoms with Crippen molar-refractivity contribution in [3.05, 3.63) is 30.1 Å². The van der Waals surface area contributed by atoms with E-state index in [4.69, 9.17) is 9.84 Å². The molecule has 6 nitrogen and oxygen atoms in total. The van der Waals surface area contributed by atoms with Crippen LogP contribution in [-0.2, 0) is 16.1 Å². The summed E-state index contributed by atoms with van der Waals surface area (Å²) in [5, 5.41) is 8.78. The summed E-state index contributed by atoms with van der Waals surface area (Å²) in [6.45, 7) is 2.21. The van der Waals surface area contributed by atoms with Crippen LogP contribution < -0.4 is 0 Å². The number of carboxylic acid groups (broad SMARTS) is 1. The third kappa shape index (κ3) is 2.77. The van der Waals surface area contributed by atoms with Gasteiger partial charge in [0.2, 0.25) is 0 Å². The molecule has 0 spiro atoms. The van der Waals surface area contributed by atoms with E-state index in [0.717, 1.165) is 5.69 Å². The van der Waals surface area contributed by atoms with Crippen LogP contribution in [0, 0.1) is 0 Å². The van der Waals surface area contributed by atoms with Gasteiger partial charge in [-0.05, 0) is 19.1 Å². The summed E-state index contributed by atoms with van der Waals surface area (Å²) in [5.41, 5.74) is -0.216. The van der Waals surface area contributed by atoms with Crippen LogP contribution in [0.25, 0.3) is 0 Å². The SMILES string of the molecule is CC1(CC(=O)O)CN(Cc2ccccn2)C(=O)O1. The van der Waals surface area contributed by atoms with E-state index in [9.17, 15) is 9.59 Å². The quantitative estimate of drug-likeness (QED) is 0.870. The standard InChI is InChI=1S/C12H14N2O4/c1-12(6-10(15)16)8-14(11(17)18-12)7-9-4-2-3-5-13-9/h2-5H,6-8H2,1H3,(H,15,16). The maximum Gasteiger partial charge on any atom is 0.410 e. The van der Waals surface area contributed by atoms with Gasteiger partial charge in [-0.15, -0.1) is 0 Å². The Hall–Kier alpha value is -2.11. The minimum atomic E-state index is -0.981. The van der Waals surface area contributed by atoms with E-state index < -0.39 is 17.7 Å². The van der Waals surface area contributed by atoms with Gasteiger partial charge in [0.25, 0.3) is 0 Å². The molecular formula is C12H14N2O4. The Balaban J connectivity index is 2.04. The van der Waals surface area contributed by atoms with Crippen molar-refractivity contribution < 1.29 is 19.4 Å². The lowest BCUT2D eigenvalue weighted by Gasteiger charge is -2.19. The number of ether oxygens (including phenoxy) is 1. The van der Waals surface area contributed by atoms with E-state index in [1.165, 1.54) is 4.90 Å². The highest BCUT2D eigenvalue weighted by molar-refractivity contribution is 5.74. The molecule has 1 atom stereocenters. The van der Waals surface area contributed by atoms with Gasteiger partial charge < -0.3 is 9.84 Å². The highest BCUT2D eigenvalue weighted by Gasteiger charge is 2.42. The number of pyridine rings is 1. The van der Waals surface area contributed by atoms with E-state index in [1.807, 2.05) is 6.07 Å². The molecule has 1 fully saturated rings. The average molecular weight is 250 g/mol. The number of carboxylic acids is 1. The molecular weight excluding hydrogens is 236 g/mol. The zero-order chi connectivity index (χ0) is 13.2. The van der Waals surface area contributed by atoms with Gasteiger partial charge in [-0.1, -0.05) is 6.07 Å². The first-order valence-electron chi connectivity index (χ1n) is 5.58. The Morgan fingerprint density at radius 3 is 3.00 bits per heavy atom. The minimum Gasteiger partial charge on any atom is -0.481 e. The van der Waals surface area contributed by atoms with Gasteiger partial charge in [0.1, 0.15) is 5.60 Å². The normalized spacial score (nSPS) is 22.9. The number of cyclic esters (lactones) is 1. The van der Waals surface area contributed by atoms with Gasteiger partial charge >= 0.3 is 12.1 Å². The molecule has 18 heavy (non-hydrogen) atoms. The first kappa shape index (κ1) is 12.3. The van der Waals surface area contributed by atoms with Crippen LogP contribution in [0.2, 0.25) is 0 Å². The van der Waals surface area contributed by atoms with E-state index in [-0.39, 0.29) is 13.0 Å². The fraction of sp³-hybridized carbons (Fsp3) is 0.417. The van der Waals surface area contributed by atoms with Crippen molar-refractivity contribution in [2.45, 2.75) is 25.5 Å². The Labute approximate surface area is 104 Å². The molecule has 0 aliphatic carbocycles. The number of aromatic nitrogens is 1. The number of amides is 1. The molecule has 1 unspecified atom stereocenters. The molecule has 1 aromatic heterocycles. The summed E-state index contributed by atoms with van der Waals surface area (Å²) in [7, 11) is 0. The van der Waals surface area contributed by atoms with E-state index in [0.29, 0.717) is 6.54 Å². The molecule has 1 amide bonds. The summed E-state index contributed by atoms with van der Waals surface area (Å²) in [6, 6.07) is 5.43. The zero-order valence-electron chi connectivity index (χ0n) is 10.00. The predicted molar refractivity (Wildman–Crippen MR) is 61.8 cm³/mol. The summed E-state index contributed by atoms with van der Waals surface area (Å²) in [4.78, 5) is 28.0. The second kappa shape index (κ2) is 4.64. The van der Waals surface area contributed by atoms with Gasteiger partial charge in [0.05, 0.1) is 25.2 Å². The van der Waals surface area contributed by atoms with Gasteiger partial charge in [-0.25, -0.2) is 4.79 Å². The fourth-order valence-corrected chi connectivity index (χ4v) is 2.00. The summed E-state index contributed by atoms with van der Waals surface area (Å²) in [5.74, 6) is -0.981. The Kier molecular flexibility index (Phi) is 3.18. The smallest absolute Gasteiger partial charge is 0.410 e. The van der Waals surface area contributed by atoms with Crippen LogP contribution in [0.4, 0.5) is 4.79 Å². The Morgan fingerprint density at radius 2 is 2.39 bits per heavy atom. The van der Waals surface area contributed by atoms with Gasteiger partial charge in [0.15, 0.2) is 0 Å². The van der Waals surface area contributed by atoms with E-state index >= 15 is 0 Å². The zero-order valence-corrected chi connectivity index (χ0v) is 10.00. The summed E-state index contributed by atoms with van der Waals surface area (Å²) in [6.07, 6.45) is 0.953.